The minimum absolute atomic E-state index is 0.0179. The summed E-state index contributed by atoms with van der Waals surface area (Å²) in [6, 6.07) is 1.67. The van der Waals surface area contributed by atoms with Crippen molar-refractivity contribution in [2.75, 3.05) is 7.05 Å². The van der Waals surface area contributed by atoms with Gasteiger partial charge >= 0.3 is 0 Å². The summed E-state index contributed by atoms with van der Waals surface area (Å²) in [5, 5.41) is 1.65. The zero-order valence-electron chi connectivity index (χ0n) is 10.3. The Morgan fingerprint density at radius 3 is 2.65 bits per heavy atom. The van der Waals surface area contributed by atoms with Crippen LogP contribution in [0.5, 0.6) is 0 Å². The van der Waals surface area contributed by atoms with E-state index in [1.54, 1.807) is 18.5 Å². The van der Waals surface area contributed by atoms with Crippen molar-refractivity contribution in [3.8, 4) is 0 Å². The van der Waals surface area contributed by atoms with Crippen molar-refractivity contribution in [1.29, 1.82) is 0 Å². The van der Waals surface area contributed by atoms with E-state index in [0.29, 0.717) is 10.8 Å². The highest BCUT2D eigenvalue weighted by atomic mass is 35.5. The van der Waals surface area contributed by atoms with Crippen molar-refractivity contribution >= 4 is 33.0 Å². The minimum atomic E-state index is -3.36. The van der Waals surface area contributed by atoms with E-state index < -0.39 is 10.0 Å². The second-order valence-corrected chi connectivity index (χ2v) is 7.30. The smallest absolute Gasteiger partial charge is 0.207 e. The third-order valence-electron chi connectivity index (χ3n) is 2.77. The van der Waals surface area contributed by atoms with Gasteiger partial charge in [0.05, 0.1) is 10.8 Å². The Labute approximate surface area is 112 Å². The van der Waals surface area contributed by atoms with Gasteiger partial charge in [-0.3, -0.25) is 0 Å². The fourth-order valence-electron chi connectivity index (χ4n) is 1.57. The van der Waals surface area contributed by atoms with Gasteiger partial charge in [-0.1, -0.05) is 13.3 Å². The van der Waals surface area contributed by atoms with Gasteiger partial charge in [-0.15, -0.1) is 22.9 Å². The third-order valence-corrected chi connectivity index (χ3v) is 6.25. The zero-order chi connectivity index (χ0) is 13.1. The highest BCUT2D eigenvalue weighted by Gasteiger charge is 2.25. The lowest BCUT2D eigenvalue weighted by Crippen LogP contribution is -2.34. The summed E-state index contributed by atoms with van der Waals surface area (Å²) in [6.07, 6.45) is 1.83. The molecule has 0 amide bonds. The van der Waals surface area contributed by atoms with E-state index in [1.807, 2.05) is 13.8 Å². The second-order valence-electron chi connectivity index (χ2n) is 4.04. The fraction of sp³-hybridized carbons (Fsp3) is 0.636. The normalized spacial score (nSPS) is 14.2. The summed E-state index contributed by atoms with van der Waals surface area (Å²) in [6.45, 7) is 3.98. The molecule has 0 fully saturated rings. The molecule has 3 nitrogen and oxygen atoms in total. The van der Waals surface area contributed by atoms with Gasteiger partial charge in [0, 0.05) is 23.3 Å². The van der Waals surface area contributed by atoms with E-state index >= 15 is 0 Å². The number of rotatable bonds is 6. The first-order chi connectivity index (χ1) is 7.93. The van der Waals surface area contributed by atoms with E-state index in [-0.39, 0.29) is 6.04 Å². The van der Waals surface area contributed by atoms with E-state index in [2.05, 4.69) is 0 Å². The summed E-state index contributed by atoms with van der Waals surface area (Å²) in [5.41, 5.74) is 0. The number of nitrogens with zero attached hydrogens (tertiary/aromatic N) is 1. The number of alkyl halides is 1. The molecule has 0 bridgehead atoms. The Balaban J connectivity index is 2.94. The quantitative estimate of drug-likeness (QED) is 0.755. The van der Waals surface area contributed by atoms with Crippen LogP contribution < -0.4 is 0 Å². The van der Waals surface area contributed by atoms with Gasteiger partial charge in [0.25, 0.3) is 0 Å². The van der Waals surface area contributed by atoms with Crippen LogP contribution in [-0.2, 0) is 15.9 Å². The predicted octanol–water partition coefficient (Wildman–Crippen LogP) is 3.30. The van der Waals surface area contributed by atoms with Crippen LogP contribution in [0.4, 0.5) is 0 Å². The first-order valence-electron chi connectivity index (χ1n) is 5.54. The zero-order valence-corrected chi connectivity index (χ0v) is 12.7. The minimum Gasteiger partial charge on any atom is -0.207 e. The summed E-state index contributed by atoms with van der Waals surface area (Å²) in [5.74, 6) is 0.356. The van der Waals surface area contributed by atoms with Gasteiger partial charge in [0.2, 0.25) is 10.0 Å². The molecule has 1 unspecified atom stereocenters. The average Bonchev–Trinajstić information content (AvgIpc) is 2.77. The fourth-order valence-corrected chi connectivity index (χ4v) is 4.34. The average molecular weight is 296 g/mol. The van der Waals surface area contributed by atoms with E-state index in [1.165, 1.54) is 15.6 Å². The molecule has 17 heavy (non-hydrogen) atoms. The summed E-state index contributed by atoms with van der Waals surface area (Å²) in [7, 11) is -1.73. The Morgan fingerprint density at radius 2 is 2.18 bits per heavy atom. The number of hydrogen-bond acceptors (Lipinski definition) is 3. The molecule has 0 aliphatic heterocycles. The molecule has 0 aliphatic carbocycles. The predicted molar refractivity (Wildman–Crippen MR) is 73.2 cm³/mol. The van der Waals surface area contributed by atoms with Crippen molar-refractivity contribution in [2.45, 2.75) is 43.5 Å². The Bertz CT molecular complexity index is 456. The molecule has 1 aromatic heterocycles. The lowest BCUT2D eigenvalue weighted by Gasteiger charge is -2.23. The molecular formula is C11H18ClNO2S2. The van der Waals surface area contributed by atoms with Gasteiger partial charge < -0.3 is 0 Å². The van der Waals surface area contributed by atoms with E-state index in [0.717, 1.165) is 17.7 Å². The number of hydrogen-bond donors (Lipinski definition) is 0. The number of halogens is 1. The molecule has 1 rings (SSSR count). The van der Waals surface area contributed by atoms with Crippen molar-refractivity contribution in [3.05, 3.63) is 16.3 Å². The monoisotopic (exact) mass is 295 g/mol. The van der Waals surface area contributed by atoms with E-state index in [9.17, 15) is 8.42 Å². The lowest BCUT2D eigenvalue weighted by atomic mass is 10.2. The topological polar surface area (TPSA) is 37.4 Å². The standard InChI is InChI=1S/C11H18ClNO2S2/c1-4-5-9(2)13(3)17(14,15)11-6-10(7-12)16-8-11/h6,8-9H,4-5,7H2,1-3H3. The van der Waals surface area contributed by atoms with E-state index in [4.69, 9.17) is 11.6 Å². The van der Waals surface area contributed by atoms with Crippen molar-refractivity contribution in [2.24, 2.45) is 0 Å². The molecular weight excluding hydrogens is 278 g/mol. The molecule has 0 N–H and O–H groups in total. The van der Waals surface area contributed by atoms with Crippen LogP contribution in [0, 0.1) is 0 Å². The number of thiophene rings is 1. The summed E-state index contributed by atoms with van der Waals surface area (Å²) in [4.78, 5) is 1.23. The molecule has 0 spiro atoms. The van der Waals surface area contributed by atoms with Gasteiger partial charge in [0.1, 0.15) is 0 Å². The van der Waals surface area contributed by atoms with Crippen LogP contribution >= 0.6 is 22.9 Å². The highest BCUT2D eigenvalue weighted by molar-refractivity contribution is 7.89. The molecule has 0 radical (unpaired) electrons. The second kappa shape index (κ2) is 6.18. The molecule has 98 valence electrons. The molecule has 1 aromatic rings. The first-order valence-corrected chi connectivity index (χ1v) is 8.40. The van der Waals surface area contributed by atoms with Gasteiger partial charge in [-0.05, 0) is 19.4 Å². The van der Waals surface area contributed by atoms with Crippen molar-refractivity contribution < 1.29 is 8.42 Å². The highest BCUT2D eigenvalue weighted by Crippen LogP contribution is 2.24. The Morgan fingerprint density at radius 1 is 1.53 bits per heavy atom. The summed E-state index contributed by atoms with van der Waals surface area (Å²) >= 11 is 7.07. The van der Waals surface area contributed by atoms with Gasteiger partial charge in [-0.25, -0.2) is 8.42 Å². The Kier molecular flexibility index (Phi) is 5.44. The van der Waals surface area contributed by atoms with Crippen LogP contribution in [0.2, 0.25) is 0 Å². The number of sulfonamides is 1. The van der Waals surface area contributed by atoms with Crippen LogP contribution in [0.3, 0.4) is 0 Å². The molecule has 0 saturated carbocycles. The largest absolute Gasteiger partial charge is 0.243 e. The molecule has 1 atom stereocenters. The first kappa shape index (κ1) is 15.0. The van der Waals surface area contributed by atoms with Crippen LogP contribution in [-0.4, -0.2) is 25.8 Å². The SMILES string of the molecule is CCCC(C)N(C)S(=O)(=O)c1csc(CCl)c1. The van der Waals surface area contributed by atoms with Crippen LogP contribution in [0.25, 0.3) is 0 Å². The molecule has 0 aromatic carbocycles. The van der Waals surface area contributed by atoms with Gasteiger partial charge in [-0.2, -0.15) is 4.31 Å². The van der Waals surface area contributed by atoms with Crippen LogP contribution in [0.1, 0.15) is 31.6 Å². The third kappa shape index (κ3) is 3.44. The Hall–Kier alpha value is -0.100. The lowest BCUT2D eigenvalue weighted by molar-refractivity contribution is 0.369. The van der Waals surface area contributed by atoms with Crippen molar-refractivity contribution in [1.82, 2.24) is 4.31 Å². The van der Waals surface area contributed by atoms with Crippen molar-refractivity contribution in [3.63, 3.8) is 0 Å². The molecule has 6 heteroatoms. The maximum Gasteiger partial charge on any atom is 0.243 e. The molecule has 1 heterocycles. The summed E-state index contributed by atoms with van der Waals surface area (Å²) < 4.78 is 26.0. The van der Waals surface area contributed by atoms with Crippen LogP contribution in [0.15, 0.2) is 16.3 Å². The maximum absolute atomic E-state index is 12.3. The maximum atomic E-state index is 12.3. The van der Waals surface area contributed by atoms with Gasteiger partial charge in [0.15, 0.2) is 0 Å². The molecule has 0 aliphatic rings. The molecule has 0 saturated heterocycles.